The van der Waals surface area contributed by atoms with Crippen LogP contribution < -0.4 is 5.32 Å². The predicted molar refractivity (Wildman–Crippen MR) is 120 cm³/mol. The van der Waals surface area contributed by atoms with Crippen LogP contribution in [-0.4, -0.2) is 40.8 Å². The van der Waals surface area contributed by atoms with E-state index in [1.165, 1.54) is 11.3 Å². The Kier molecular flexibility index (Phi) is 5.01. The van der Waals surface area contributed by atoms with Crippen LogP contribution in [0.1, 0.15) is 19.3 Å². The van der Waals surface area contributed by atoms with Crippen molar-refractivity contribution in [3.8, 4) is 10.6 Å². The molecule has 1 aliphatic rings. The van der Waals surface area contributed by atoms with Gasteiger partial charge < -0.3 is 10.3 Å². The molecule has 4 aromatic rings. The number of hydrogen-bond donors (Lipinski definition) is 2. The number of sulfonamides is 1. The Hall–Kier alpha value is -2.75. The van der Waals surface area contributed by atoms with Crippen LogP contribution in [0.5, 0.6) is 0 Å². The Bertz CT molecular complexity index is 1290. The molecule has 30 heavy (non-hydrogen) atoms. The van der Waals surface area contributed by atoms with Crippen LogP contribution in [0.4, 0.5) is 11.6 Å². The van der Waals surface area contributed by atoms with E-state index in [0.717, 1.165) is 40.7 Å². The Morgan fingerprint density at radius 2 is 1.90 bits per heavy atom. The third kappa shape index (κ3) is 3.60. The number of para-hydroxylation sites is 1. The number of aromatic amines is 1. The van der Waals surface area contributed by atoms with Gasteiger partial charge in [0.05, 0.1) is 21.8 Å². The third-order valence-corrected chi connectivity index (χ3v) is 8.71. The van der Waals surface area contributed by atoms with E-state index in [9.17, 15) is 8.42 Å². The summed E-state index contributed by atoms with van der Waals surface area (Å²) in [6, 6.07) is 13.3. The summed E-state index contributed by atoms with van der Waals surface area (Å²) in [6.45, 7) is 1.20. The minimum Gasteiger partial charge on any atom is -0.359 e. The van der Waals surface area contributed by atoms with E-state index in [1.807, 2.05) is 36.5 Å². The van der Waals surface area contributed by atoms with Crippen LogP contribution >= 0.6 is 11.3 Å². The fourth-order valence-corrected chi connectivity index (χ4v) is 6.64. The molecule has 1 aliphatic heterocycles. The molecule has 7 nitrogen and oxygen atoms in total. The number of hydrogen-bond acceptors (Lipinski definition) is 6. The van der Waals surface area contributed by atoms with Crippen LogP contribution in [0.15, 0.2) is 59.1 Å². The molecular weight excluding hydrogens is 418 g/mol. The quantitative estimate of drug-likeness (QED) is 0.474. The lowest BCUT2D eigenvalue weighted by atomic mass is 10.2. The fourth-order valence-electron chi connectivity index (χ4n) is 3.69. The van der Waals surface area contributed by atoms with E-state index in [2.05, 4.69) is 20.3 Å². The van der Waals surface area contributed by atoms with E-state index in [1.54, 1.807) is 22.6 Å². The van der Waals surface area contributed by atoms with Crippen molar-refractivity contribution in [3.63, 3.8) is 0 Å². The van der Waals surface area contributed by atoms with Crippen molar-refractivity contribution in [2.24, 2.45) is 0 Å². The Morgan fingerprint density at radius 3 is 2.77 bits per heavy atom. The minimum absolute atomic E-state index is 0.365. The summed E-state index contributed by atoms with van der Waals surface area (Å²) in [7, 11) is -3.44. The summed E-state index contributed by atoms with van der Waals surface area (Å²) in [5.41, 5.74) is 2.56. The van der Waals surface area contributed by atoms with Crippen LogP contribution in [0.2, 0.25) is 0 Å². The van der Waals surface area contributed by atoms with Crippen molar-refractivity contribution in [1.82, 2.24) is 19.3 Å². The van der Waals surface area contributed by atoms with Crippen LogP contribution in [0.3, 0.4) is 0 Å². The molecular formula is C21H21N5O2S2. The highest BCUT2D eigenvalue weighted by molar-refractivity contribution is 7.91. The van der Waals surface area contributed by atoms with Gasteiger partial charge in [-0.1, -0.05) is 18.6 Å². The SMILES string of the molecule is O=S(=O)(c1ccc(-c2ccnc(Nc3cccc4cc[nH]c34)n2)s1)N1CCCCC1. The number of piperidine rings is 1. The summed E-state index contributed by atoms with van der Waals surface area (Å²) in [5, 5.41) is 4.36. The molecule has 0 aliphatic carbocycles. The molecule has 5 rings (SSSR count). The molecule has 0 radical (unpaired) electrons. The van der Waals surface area contributed by atoms with E-state index < -0.39 is 10.0 Å². The predicted octanol–water partition coefficient (Wildman–Crippen LogP) is 4.60. The van der Waals surface area contributed by atoms with Gasteiger partial charge in [-0.15, -0.1) is 11.3 Å². The number of nitrogens with one attached hydrogen (secondary N) is 2. The van der Waals surface area contributed by atoms with Gasteiger partial charge in [-0.25, -0.2) is 18.4 Å². The van der Waals surface area contributed by atoms with Crippen molar-refractivity contribution in [1.29, 1.82) is 0 Å². The molecule has 0 spiro atoms. The first-order valence-corrected chi connectivity index (χ1v) is 12.1. The highest BCUT2D eigenvalue weighted by Crippen LogP contribution is 2.33. The molecule has 0 unspecified atom stereocenters. The number of rotatable bonds is 5. The summed E-state index contributed by atoms with van der Waals surface area (Å²) in [5.74, 6) is 0.462. The second kappa shape index (κ2) is 7.82. The highest BCUT2D eigenvalue weighted by atomic mass is 32.2. The maximum absolute atomic E-state index is 12.9. The lowest BCUT2D eigenvalue weighted by molar-refractivity contribution is 0.347. The summed E-state index contributed by atoms with van der Waals surface area (Å²) < 4.78 is 27.8. The number of aromatic nitrogens is 3. The first kappa shape index (κ1) is 19.2. The normalized spacial score (nSPS) is 15.5. The zero-order valence-electron chi connectivity index (χ0n) is 16.2. The molecule has 154 valence electrons. The highest BCUT2D eigenvalue weighted by Gasteiger charge is 2.27. The van der Waals surface area contributed by atoms with Gasteiger partial charge in [0.15, 0.2) is 0 Å². The number of thiophene rings is 1. The van der Waals surface area contributed by atoms with Gasteiger partial charge in [0.25, 0.3) is 10.0 Å². The fraction of sp³-hybridized carbons (Fsp3) is 0.238. The third-order valence-electron chi connectivity index (χ3n) is 5.23. The van der Waals surface area contributed by atoms with Crippen LogP contribution in [-0.2, 0) is 10.0 Å². The first-order valence-electron chi connectivity index (χ1n) is 9.88. The van der Waals surface area contributed by atoms with Gasteiger partial charge in [-0.05, 0) is 43.2 Å². The smallest absolute Gasteiger partial charge is 0.252 e. The number of fused-ring (bicyclic) bond motifs is 1. The van der Waals surface area contributed by atoms with E-state index in [0.29, 0.717) is 28.9 Å². The molecule has 0 bridgehead atoms. The largest absolute Gasteiger partial charge is 0.359 e. The van der Waals surface area contributed by atoms with Crippen molar-refractivity contribution in [2.45, 2.75) is 23.5 Å². The number of anilines is 2. The standard InChI is InChI=1S/C21H21N5O2S2/c27-30(28,26-13-2-1-3-14-26)19-8-7-18(29-19)16-10-12-23-21(24-16)25-17-6-4-5-15-9-11-22-20(15)17/h4-12,22H,1-3,13-14H2,(H,23,24,25). The van der Waals surface area contributed by atoms with Gasteiger partial charge in [-0.2, -0.15) is 4.31 Å². The Labute approximate surface area is 178 Å². The maximum Gasteiger partial charge on any atom is 0.252 e. The van der Waals surface area contributed by atoms with Crippen LogP contribution in [0, 0.1) is 0 Å². The number of H-pyrrole nitrogens is 1. The Morgan fingerprint density at radius 1 is 1.03 bits per heavy atom. The lowest BCUT2D eigenvalue weighted by Crippen LogP contribution is -2.35. The van der Waals surface area contributed by atoms with Gasteiger partial charge in [0, 0.05) is 30.9 Å². The molecule has 1 saturated heterocycles. The molecule has 0 amide bonds. The average Bonchev–Trinajstić information content (AvgIpc) is 3.45. The molecule has 0 atom stereocenters. The number of nitrogens with zero attached hydrogens (tertiary/aromatic N) is 3. The van der Waals surface area contributed by atoms with Gasteiger partial charge in [0.1, 0.15) is 4.21 Å². The lowest BCUT2D eigenvalue weighted by Gasteiger charge is -2.25. The van der Waals surface area contributed by atoms with E-state index in [-0.39, 0.29) is 0 Å². The van der Waals surface area contributed by atoms with Crippen molar-refractivity contribution in [2.75, 3.05) is 18.4 Å². The van der Waals surface area contributed by atoms with Gasteiger partial charge in [-0.3, -0.25) is 0 Å². The van der Waals surface area contributed by atoms with E-state index in [4.69, 9.17) is 0 Å². The van der Waals surface area contributed by atoms with Gasteiger partial charge in [0.2, 0.25) is 5.95 Å². The first-order chi connectivity index (χ1) is 14.6. The van der Waals surface area contributed by atoms with Crippen LogP contribution in [0.25, 0.3) is 21.5 Å². The second-order valence-corrected chi connectivity index (χ2v) is 10.5. The molecule has 1 aromatic carbocycles. The summed E-state index contributed by atoms with van der Waals surface area (Å²) in [6.07, 6.45) is 6.51. The Balaban J connectivity index is 1.41. The summed E-state index contributed by atoms with van der Waals surface area (Å²) in [4.78, 5) is 12.9. The average molecular weight is 440 g/mol. The van der Waals surface area contributed by atoms with E-state index >= 15 is 0 Å². The van der Waals surface area contributed by atoms with Gasteiger partial charge >= 0.3 is 0 Å². The van der Waals surface area contributed by atoms with Crippen molar-refractivity contribution < 1.29 is 8.42 Å². The molecule has 4 heterocycles. The molecule has 2 N–H and O–H groups in total. The van der Waals surface area contributed by atoms with Crippen molar-refractivity contribution >= 4 is 43.9 Å². The topological polar surface area (TPSA) is 91.0 Å². The maximum atomic E-state index is 12.9. The number of benzene rings is 1. The second-order valence-electron chi connectivity index (χ2n) is 7.22. The molecule has 0 saturated carbocycles. The minimum atomic E-state index is -3.44. The molecule has 3 aromatic heterocycles. The zero-order valence-corrected chi connectivity index (χ0v) is 17.8. The van der Waals surface area contributed by atoms with Crippen molar-refractivity contribution in [3.05, 3.63) is 54.9 Å². The molecule has 9 heteroatoms. The monoisotopic (exact) mass is 439 g/mol. The molecule has 1 fully saturated rings. The summed E-state index contributed by atoms with van der Waals surface area (Å²) >= 11 is 1.25. The zero-order chi connectivity index (χ0) is 20.6.